The van der Waals surface area contributed by atoms with Gasteiger partial charge < -0.3 is 10.5 Å². The van der Waals surface area contributed by atoms with E-state index in [9.17, 15) is 13.2 Å². The number of alkyl halides is 3. The molecule has 21 heavy (non-hydrogen) atoms. The summed E-state index contributed by atoms with van der Waals surface area (Å²) in [6.45, 7) is 2.48. The Balaban J connectivity index is 1.82. The van der Waals surface area contributed by atoms with Crippen LogP contribution < -0.4 is 5.73 Å². The highest BCUT2D eigenvalue weighted by atomic mass is 19.4. The van der Waals surface area contributed by atoms with E-state index >= 15 is 0 Å². The van der Waals surface area contributed by atoms with Gasteiger partial charge in [-0.15, -0.1) is 0 Å². The van der Waals surface area contributed by atoms with Gasteiger partial charge in [-0.05, 0) is 36.1 Å². The average molecular weight is 300 g/mol. The van der Waals surface area contributed by atoms with Gasteiger partial charge in [0.2, 0.25) is 0 Å². The first-order valence-electron chi connectivity index (χ1n) is 7.25. The number of benzene rings is 1. The Labute approximate surface area is 121 Å². The molecule has 1 aromatic rings. The maximum atomic E-state index is 12.8. The summed E-state index contributed by atoms with van der Waals surface area (Å²) in [4.78, 5) is 2.14. The standard InChI is InChI=1S/C15H19F3N2O/c16-15(17,18)11-4-3-10-8-20(9-12-2-1-5-21-12)14(7-19)13(10)6-11/h3-4,6,12,14H,1-2,5,7-9,19H2. The van der Waals surface area contributed by atoms with Crippen LogP contribution in [0, 0.1) is 0 Å². The number of nitrogens with zero attached hydrogens (tertiary/aromatic N) is 1. The van der Waals surface area contributed by atoms with E-state index in [0.29, 0.717) is 18.7 Å². The monoisotopic (exact) mass is 300 g/mol. The van der Waals surface area contributed by atoms with Gasteiger partial charge in [0, 0.05) is 32.3 Å². The second kappa shape index (κ2) is 5.59. The number of rotatable bonds is 3. The molecule has 0 bridgehead atoms. The molecule has 0 aromatic heterocycles. The summed E-state index contributed by atoms with van der Waals surface area (Å²) in [7, 11) is 0. The molecule has 3 nitrogen and oxygen atoms in total. The quantitative estimate of drug-likeness (QED) is 0.933. The molecule has 6 heteroatoms. The van der Waals surface area contributed by atoms with Crippen LogP contribution in [0.25, 0.3) is 0 Å². The van der Waals surface area contributed by atoms with Crippen LogP contribution in [0.2, 0.25) is 0 Å². The zero-order valence-corrected chi connectivity index (χ0v) is 11.7. The van der Waals surface area contributed by atoms with Crippen molar-refractivity contribution in [1.29, 1.82) is 0 Å². The van der Waals surface area contributed by atoms with Crippen molar-refractivity contribution in [3.8, 4) is 0 Å². The minimum atomic E-state index is -4.31. The maximum Gasteiger partial charge on any atom is 0.416 e. The Morgan fingerprint density at radius 3 is 2.76 bits per heavy atom. The first-order chi connectivity index (χ1) is 9.99. The maximum absolute atomic E-state index is 12.8. The molecule has 2 atom stereocenters. The molecule has 1 fully saturated rings. The number of halogens is 3. The van der Waals surface area contributed by atoms with Gasteiger partial charge in [0.05, 0.1) is 11.7 Å². The Kier molecular flexibility index (Phi) is 3.94. The van der Waals surface area contributed by atoms with Gasteiger partial charge >= 0.3 is 6.18 Å². The Morgan fingerprint density at radius 2 is 2.14 bits per heavy atom. The van der Waals surface area contributed by atoms with E-state index in [-0.39, 0.29) is 12.1 Å². The third kappa shape index (κ3) is 2.93. The van der Waals surface area contributed by atoms with Gasteiger partial charge in [0.15, 0.2) is 0 Å². The third-order valence-electron chi connectivity index (χ3n) is 4.33. The lowest BCUT2D eigenvalue weighted by Gasteiger charge is -2.26. The predicted molar refractivity (Wildman–Crippen MR) is 72.6 cm³/mol. The van der Waals surface area contributed by atoms with E-state index in [4.69, 9.17) is 10.5 Å². The van der Waals surface area contributed by atoms with Crippen LogP contribution in [0.15, 0.2) is 18.2 Å². The van der Waals surface area contributed by atoms with Crippen LogP contribution in [0.5, 0.6) is 0 Å². The summed E-state index contributed by atoms with van der Waals surface area (Å²) >= 11 is 0. The summed E-state index contributed by atoms with van der Waals surface area (Å²) in [5.74, 6) is 0. The van der Waals surface area contributed by atoms with E-state index in [1.807, 2.05) is 0 Å². The van der Waals surface area contributed by atoms with E-state index in [2.05, 4.69) is 4.90 Å². The summed E-state index contributed by atoms with van der Waals surface area (Å²) in [5.41, 5.74) is 6.86. The van der Waals surface area contributed by atoms with Gasteiger partial charge in [-0.2, -0.15) is 13.2 Å². The summed E-state index contributed by atoms with van der Waals surface area (Å²) in [6, 6.07) is 3.84. The summed E-state index contributed by atoms with van der Waals surface area (Å²) < 4.78 is 44.2. The van der Waals surface area contributed by atoms with Crippen molar-refractivity contribution in [2.75, 3.05) is 19.7 Å². The normalized spacial score (nSPS) is 26.3. The van der Waals surface area contributed by atoms with Crippen molar-refractivity contribution in [2.45, 2.75) is 37.7 Å². The fraction of sp³-hybridized carbons (Fsp3) is 0.600. The molecule has 116 valence electrons. The minimum Gasteiger partial charge on any atom is -0.377 e. The van der Waals surface area contributed by atoms with Crippen LogP contribution >= 0.6 is 0 Å². The van der Waals surface area contributed by atoms with Crippen LogP contribution in [0.4, 0.5) is 13.2 Å². The molecule has 2 aliphatic rings. The molecule has 2 aliphatic heterocycles. The molecule has 1 aromatic carbocycles. The van der Waals surface area contributed by atoms with Crippen LogP contribution in [0.3, 0.4) is 0 Å². The van der Waals surface area contributed by atoms with Gasteiger partial charge in [0.1, 0.15) is 0 Å². The zero-order chi connectivity index (χ0) is 15.0. The number of fused-ring (bicyclic) bond motifs is 1. The van der Waals surface area contributed by atoms with Crippen molar-refractivity contribution in [2.24, 2.45) is 5.73 Å². The fourth-order valence-corrected chi connectivity index (χ4v) is 3.27. The molecule has 0 amide bonds. The Bertz CT molecular complexity index is 512. The SMILES string of the molecule is NCC1c2cc(C(F)(F)F)ccc2CN1CC1CCCO1. The predicted octanol–water partition coefficient (Wildman–Crippen LogP) is 2.70. The largest absolute Gasteiger partial charge is 0.416 e. The highest BCUT2D eigenvalue weighted by molar-refractivity contribution is 5.39. The van der Waals surface area contributed by atoms with Gasteiger partial charge in [-0.3, -0.25) is 4.90 Å². The average Bonchev–Trinajstić information content (AvgIpc) is 3.04. The van der Waals surface area contributed by atoms with Crippen molar-refractivity contribution in [3.63, 3.8) is 0 Å². The molecule has 2 heterocycles. The lowest BCUT2D eigenvalue weighted by molar-refractivity contribution is -0.137. The molecule has 3 rings (SSSR count). The molecule has 0 saturated carbocycles. The molecule has 2 N–H and O–H groups in total. The van der Waals surface area contributed by atoms with Gasteiger partial charge in [-0.25, -0.2) is 0 Å². The van der Waals surface area contributed by atoms with Crippen molar-refractivity contribution >= 4 is 0 Å². The van der Waals surface area contributed by atoms with E-state index < -0.39 is 11.7 Å². The lowest BCUT2D eigenvalue weighted by atomic mass is 10.0. The molecule has 2 unspecified atom stereocenters. The van der Waals surface area contributed by atoms with Crippen LogP contribution in [-0.4, -0.2) is 30.7 Å². The van der Waals surface area contributed by atoms with Gasteiger partial charge in [0.25, 0.3) is 0 Å². The third-order valence-corrected chi connectivity index (χ3v) is 4.33. The second-order valence-corrected chi connectivity index (χ2v) is 5.73. The molecular weight excluding hydrogens is 281 g/mol. The van der Waals surface area contributed by atoms with Crippen molar-refractivity contribution in [3.05, 3.63) is 34.9 Å². The lowest BCUT2D eigenvalue weighted by Crippen LogP contribution is -2.34. The first kappa shape index (κ1) is 14.8. The number of hydrogen-bond donors (Lipinski definition) is 1. The van der Waals surface area contributed by atoms with Gasteiger partial charge in [-0.1, -0.05) is 6.07 Å². The number of hydrogen-bond acceptors (Lipinski definition) is 3. The van der Waals surface area contributed by atoms with E-state index in [1.54, 1.807) is 6.07 Å². The molecule has 0 aliphatic carbocycles. The Hall–Kier alpha value is -1.11. The molecular formula is C15H19F3N2O. The highest BCUT2D eigenvalue weighted by Gasteiger charge is 2.36. The van der Waals surface area contributed by atoms with E-state index in [0.717, 1.165) is 37.6 Å². The summed E-state index contributed by atoms with van der Waals surface area (Å²) in [6.07, 6.45) is -2.07. The highest BCUT2D eigenvalue weighted by Crippen LogP contribution is 2.38. The molecule has 0 radical (unpaired) electrons. The zero-order valence-electron chi connectivity index (χ0n) is 11.7. The minimum absolute atomic E-state index is 0.147. The number of nitrogens with two attached hydrogens (primary N) is 1. The Morgan fingerprint density at radius 1 is 1.33 bits per heavy atom. The second-order valence-electron chi connectivity index (χ2n) is 5.73. The van der Waals surface area contributed by atoms with Crippen LogP contribution in [0.1, 0.15) is 35.6 Å². The van der Waals surface area contributed by atoms with Crippen molar-refractivity contribution in [1.82, 2.24) is 4.90 Å². The number of ether oxygens (including phenoxy) is 1. The topological polar surface area (TPSA) is 38.5 Å². The smallest absolute Gasteiger partial charge is 0.377 e. The fourth-order valence-electron chi connectivity index (χ4n) is 3.27. The van der Waals surface area contributed by atoms with Crippen LogP contribution in [-0.2, 0) is 17.5 Å². The first-order valence-corrected chi connectivity index (χ1v) is 7.25. The van der Waals surface area contributed by atoms with E-state index in [1.165, 1.54) is 6.07 Å². The molecule has 1 saturated heterocycles. The summed E-state index contributed by atoms with van der Waals surface area (Å²) in [5, 5.41) is 0. The molecule has 0 spiro atoms. The van der Waals surface area contributed by atoms with Crippen molar-refractivity contribution < 1.29 is 17.9 Å².